The van der Waals surface area contributed by atoms with Crippen molar-refractivity contribution in [1.29, 1.82) is 0 Å². The molecule has 11 N–H and O–H groups in total. The van der Waals surface area contributed by atoms with Crippen LogP contribution in [-0.2, 0) is 33.4 Å². The molecule has 0 radical (unpaired) electrons. The molecule has 0 spiro atoms. The Morgan fingerprint density at radius 1 is 0.947 bits per heavy atom. The summed E-state index contributed by atoms with van der Waals surface area (Å²) >= 11 is 0. The lowest BCUT2D eigenvalue weighted by atomic mass is 10.1. The van der Waals surface area contributed by atoms with E-state index in [0.29, 0.717) is 19.4 Å². The lowest BCUT2D eigenvalue weighted by Crippen LogP contribution is -2.60. The molecule has 1 saturated heterocycles. The number of urea groups is 1. The van der Waals surface area contributed by atoms with Crippen molar-refractivity contribution < 1.29 is 43.3 Å². The second-order valence-electron chi connectivity index (χ2n) is 8.40. The molecule has 4 atom stereocenters. The first-order valence-electron chi connectivity index (χ1n) is 12.1. The van der Waals surface area contributed by atoms with Gasteiger partial charge in [-0.2, -0.15) is 0 Å². The molecule has 17 nitrogen and oxygen atoms in total. The van der Waals surface area contributed by atoms with Crippen molar-refractivity contribution in [1.82, 2.24) is 32.1 Å². The summed E-state index contributed by atoms with van der Waals surface area (Å²) < 4.78 is 10.5. The van der Waals surface area contributed by atoms with E-state index in [9.17, 15) is 33.9 Å². The van der Waals surface area contributed by atoms with Crippen LogP contribution < -0.4 is 43.6 Å². The fraction of sp³-hybridized carbons (Fsp3) is 0.714. The average molecular weight is 547 g/mol. The summed E-state index contributed by atoms with van der Waals surface area (Å²) in [5.74, 6) is -4.05. The Bertz CT molecular complexity index is 827. The van der Waals surface area contributed by atoms with Crippen LogP contribution in [0.4, 0.5) is 4.79 Å². The summed E-state index contributed by atoms with van der Waals surface area (Å²) in [4.78, 5) is 73.8. The number of nitrogens with one attached hydrogen (secondary N) is 6. The van der Waals surface area contributed by atoms with Crippen LogP contribution in [0.3, 0.4) is 0 Å². The number of aliphatic hydroxyl groups is 1. The monoisotopic (exact) mass is 546 g/mol. The third-order valence-electron chi connectivity index (χ3n) is 5.14. The van der Waals surface area contributed by atoms with E-state index < -0.39 is 66.2 Å². The Morgan fingerprint density at radius 2 is 1.61 bits per heavy atom. The number of hydrazine groups is 1. The highest BCUT2D eigenvalue weighted by Crippen LogP contribution is 2.02. The highest BCUT2D eigenvalue weighted by atomic mass is 16.5. The Morgan fingerprint density at radius 3 is 2.24 bits per heavy atom. The molecule has 0 bridgehead atoms. The topological polar surface area (TPSA) is 265 Å². The van der Waals surface area contributed by atoms with Gasteiger partial charge in [0.2, 0.25) is 17.7 Å². The van der Waals surface area contributed by atoms with Gasteiger partial charge in [-0.25, -0.2) is 4.79 Å². The van der Waals surface area contributed by atoms with Crippen LogP contribution in [0.5, 0.6) is 0 Å². The molecule has 1 unspecified atom stereocenters. The van der Waals surface area contributed by atoms with Crippen molar-refractivity contribution in [2.75, 3.05) is 39.5 Å². The van der Waals surface area contributed by atoms with Gasteiger partial charge in [-0.3, -0.25) is 34.8 Å². The zero-order valence-corrected chi connectivity index (χ0v) is 21.2. The van der Waals surface area contributed by atoms with Gasteiger partial charge in [0, 0.05) is 6.54 Å². The molecule has 38 heavy (non-hydrogen) atoms. The van der Waals surface area contributed by atoms with Gasteiger partial charge < -0.3 is 47.3 Å². The van der Waals surface area contributed by atoms with E-state index in [1.807, 2.05) is 0 Å². The Kier molecular flexibility index (Phi) is 15.2. The standard InChI is InChI=1S/C21H38N8O9/c1-12(30)17-20(35)24-6-7-37-8-9-38-11-16(32)25-13(4-2-3-5-22)18(33)28-29-19(34)14(10-15(23)31)26-21(36)27-17/h12-14,17,30H,2-11,22H2,1H3,(H2,23,31)(H,24,35)(H,25,32)(H,28,33)(H,29,34)(H2,26,27,36)/t12?,13-,14-,17-/m0/s1. The molecule has 1 rings (SSSR count). The van der Waals surface area contributed by atoms with Crippen LogP contribution in [0.15, 0.2) is 0 Å². The first kappa shape index (κ1) is 32.5. The number of primary amides is 1. The molecule has 0 aromatic rings. The van der Waals surface area contributed by atoms with Gasteiger partial charge in [-0.05, 0) is 32.7 Å². The van der Waals surface area contributed by atoms with Gasteiger partial charge in [0.1, 0.15) is 24.7 Å². The van der Waals surface area contributed by atoms with Gasteiger partial charge in [0.15, 0.2) is 0 Å². The molecule has 1 aliphatic rings. The van der Waals surface area contributed by atoms with Crippen LogP contribution >= 0.6 is 0 Å². The van der Waals surface area contributed by atoms with E-state index in [-0.39, 0.29) is 39.4 Å². The molecule has 1 heterocycles. The van der Waals surface area contributed by atoms with Crippen molar-refractivity contribution in [3.05, 3.63) is 0 Å². The van der Waals surface area contributed by atoms with Crippen LogP contribution in [0.25, 0.3) is 0 Å². The zero-order valence-electron chi connectivity index (χ0n) is 21.2. The summed E-state index contributed by atoms with van der Waals surface area (Å²) in [5.41, 5.74) is 14.9. The maximum atomic E-state index is 12.7. The smallest absolute Gasteiger partial charge is 0.316 e. The fourth-order valence-corrected chi connectivity index (χ4v) is 3.19. The number of amides is 7. The number of rotatable bonds is 7. The van der Waals surface area contributed by atoms with E-state index in [1.165, 1.54) is 6.92 Å². The first-order chi connectivity index (χ1) is 18.0. The summed E-state index contributed by atoms with van der Waals surface area (Å²) in [5, 5.41) is 19.3. The van der Waals surface area contributed by atoms with Crippen LogP contribution in [0.2, 0.25) is 0 Å². The number of aliphatic hydroxyl groups excluding tert-OH is 1. The number of carbonyl (C=O) groups excluding carboxylic acids is 6. The van der Waals surface area contributed by atoms with Crippen LogP contribution in [-0.4, -0.2) is 104 Å². The lowest BCUT2D eigenvalue weighted by molar-refractivity contribution is -0.134. The molecule has 1 aliphatic heterocycles. The van der Waals surface area contributed by atoms with Gasteiger partial charge in [-0.15, -0.1) is 0 Å². The van der Waals surface area contributed by atoms with Gasteiger partial charge in [0.05, 0.1) is 32.3 Å². The molecule has 0 aromatic heterocycles. The molecule has 17 heteroatoms. The van der Waals surface area contributed by atoms with Crippen molar-refractivity contribution in [3.63, 3.8) is 0 Å². The second-order valence-corrected chi connectivity index (χ2v) is 8.40. The van der Waals surface area contributed by atoms with Gasteiger partial charge in [-0.1, -0.05) is 0 Å². The van der Waals surface area contributed by atoms with E-state index in [0.717, 1.165) is 0 Å². The van der Waals surface area contributed by atoms with E-state index in [2.05, 4.69) is 32.1 Å². The number of ether oxygens (including phenoxy) is 2. The molecule has 0 aliphatic carbocycles. The number of hydrogen-bond donors (Lipinski definition) is 9. The predicted molar refractivity (Wildman–Crippen MR) is 131 cm³/mol. The van der Waals surface area contributed by atoms with Crippen LogP contribution in [0, 0.1) is 0 Å². The van der Waals surface area contributed by atoms with Crippen molar-refractivity contribution >= 4 is 35.6 Å². The molecule has 7 amide bonds. The third kappa shape index (κ3) is 13.1. The van der Waals surface area contributed by atoms with Crippen molar-refractivity contribution in [2.24, 2.45) is 11.5 Å². The highest BCUT2D eigenvalue weighted by molar-refractivity contribution is 5.94. The molecular weight excluding hydrogens is 508 g/mol. The summed E-state index contributed by atoms with van der Waals surface area (Å²) in [6.45, 7) is 1.56. The Hall–Kier alpha value is -3.54. The Balaban J connectivity index is 3.03. The molecular formula is C21H38N8O9. The molecule has 216 valence electrons. The van der Waals surface area contributed by atoms with Crippen LogP contribution in [0.1, 0.15) is 32.6 Å². The third-order valence-corrected chi connectivity index (χ3v) is 5.14. The summed E-state index contributed by atoms with van der Waals surface area (Å²) in [7, 11) is 0. The highest BCUT2D eigenvalue weighted by Gasteiger charge is 2.29. The first-order valence-corrected chi connectivity index (χ1v) is 12.1. The minimum Gasteiger partial charge on any atom is -0.391 e. The van der Waals surface area contributed by atoms with E-state index >= 15 is 0 Å². The predicted octanol–water partition coefficient (Wildman–Crippen LogP) is -4.80. The van der Waals surface area contributed by atoms with E-state index in [1.54, 1.807) is 0 Å². The van der Waals surface area contributed by atoms with Crippen molar-refractivity contribution in [3.8, 4) is 0 Å². The largest absolute Gasteiger partial charge is 0.391 e. The number of hydrogen-bond acceptors (Lipinski definition) is 10. The van der Waals surface area contributed by atoms with Crippen molar-refractivity contribution in [2.45, 2.75) is 56.8 Å². The molecule has 0 saturated carbocycles. The number of nitrogens with two attached hydrogens (primary N) is 2. The Labute approximate surface area is 219 Å². The number of unbranched alkanes of at least 4 members (excludes halogenated alkanes) is 1. The maximum absolute atomic E-state index is 12.7. The zero-order chi connectivity index (χ0) is 28.5. The fourth-order valence-electron chi connectivity index (χ4n) is 3.19. The van der Waals surface area contributed by atoms with Gasteiger partial charge in [0.25, 0.3) is 11.8 Å². The maximum Gasteiger partial charge on any atom is 0.316 e. The minimum atomic E-state index is -1.55. The second kappa shape index (κ2) is 17.8. The molecule has 1 fully saturated rings. The van der Waals surface area contributed by atoms with Gasteiger partial charge >= 0.3 is 6.03 Å². The normalized spacial score (nSPS) is 24.3. The van der Waals surface area contributed by atoms with E-state index in [4.69, 9.17) is 20.9 Å². The number of carbonyl (C=O) groups is 6. The minimum absolute atomic E-state index is 0.0385. The molecule has 0 aromatic carbocycles. The quantitative estimate of drug-likeness (QED) is 0.138. The SMILES string of the molecule is CC(O)[C@@H]1NC(=O)N[C@@H](CC(N)=O)C(=O)NNC(=O)[C@H](CCCCN)NC(=O)COCCOCCNC1=O. The average Bonchev–Trinajstić information content (AvgIpc) is 2.85. The lowest BCUT2D eigenvalue weighted by Gasteiger charge is -2.24. The summed E-state index contributed by atoms with van der Waals surface area (Å²) in [6, 6.07) is -5.06. The summed E-state index contributed by atoms with van der Waals surface area (Å²) in [6.07, 6.45) is -0.668.